The lowest BCUT2D eigenvalue weighted by molar-refractivity contribution is -0.131. The zero-order chi connectivity index (χ0) is 18.9. The summed E-state index contributed by atoms with van der Waals surface area (Å²) in [6, 6.07) is 7.16. The molecule has 1 fully saturated rings. The van der Waals surface area contributed by atoms with Gasteiger partial charge < -0.3 is 9.88 Å². The maximum Gasteiger partial charge on any atom is 0.305 e. The van der Waals surface area contributed by atoms with E-state index in [0.29, 0.717) is 35.1 Å². The SMILES string of the molecule is Cc1[nH]c(=O)sc1S(=O)(=O)N1CCN(C(=O)Cc2ccccc2Cl)CC1. The first-order valence-electron chi connectivity index (χ1n) is 8.00. The topological polar surface area (TPSA) is 90.5 Å². The van der Waals surface area contributed by atoms with Crippen molar-refractivity contribution in [1.82, 2.24) is 14.2 Å². The van der Waals surface area contributed by atoms with Crippen molar-refractivity contribution in [1.29, 1.82) is 0 Å². The number of hydrogen-bond donors (Lipinski definition) is 1. The number of aryl methyl sites for hydroxylation is 1. The Morgan fingerprint density at radius 1 is 1.23 bits per heavy atom. The molecular formula is C16H18ClN3O4S2. The monoisotopic (exact) mass is 415 g/mol. The van der Waals surface area contributed by atoms with E-state index in [1.807, 2.05) is 6.07 Å². The molecule has 1 aliphatic rings. The minimum Gasteiger partial charge on any atom is -0.340 e. The fourth-order valence-corrected chi connectivity index (χ4v) is 5.91. The molecule has 0 aliphatic carbocycles. The number of nitrogens with zero attached hydrogens (tertiary/aromatic N) is 2. The highest BCUT2D eigenvalue weighted by Crippen LogP contribution is 2.23. The molecular weight excluding hydrogens is 398 g/mol. The number of sulfonamides is 1. The van der Waals surface area contributed by atoms with Crippen LogP contribution in [0.4, 0.5) is 0 Å². The fraction of sp³-hybridized carbons (Fsp3) is 0.375. The summed E-state index contributed by atoms with van der Waals surface area (Å²) in [4.78, 5) is 27.6. The van der Waals surface area contributed by atoms with Gasteiger partial charge in [-0.15, -0.1) is 0 Å². The van der Waals surface area contributed by atoms with Crippen molar-refractivity contribution >= 4 is 38.9 Å². The zero-order valence-electron chi connectivity index (χ0n) is 14.1. The van der Waals surface area contributed by atoms with Crippen molar-refractivity contribution in [2.75, 3.05) is 26.2 Å². The number of hydrogen-bond acceptors (Lipinski definition) is 5. The van der Waals surface area contributed by atoms with Gasteiger partial charge in [-0.05, 0) is 18.6 Å². The van der Waals surface area contributed by atoms with Crippen LogP contribution in [0.3, 0.4) is 0 Å². The van der Waals surface area contributed by atoms with Crippen LogP contribution in [0.1, 0.15) is 11.3 Å². The molecule has 2 aromatic rings. The number of carbonyl (C=O) groups excluding carboxylic acids is 1. The van der Waals surface area contributed by atoms with Gasteiger partial charge in [0.1, 0.15) is 0 Å². The second kappa shape index (κ2) is 7.51. The summed E-state index contributed by atoms with van der Waals surface area (Å²) in [6.07, 6.45) is 0.185. The molecule has 1 amide bonds. The minimum atomic E-state index is -3.73. The molecule has 0 saturated carbocycles. The van der Waals surface area contributed by atoms with E-state index in [1.165, 1.54) is 4.31 Å². The highest BCUT2D eigenvalue weighted by molar-refractivity contribution is 7.91. The average molecular weight is 416 g/mol. The molecule has 0 bridgehead atoms. The molecule has 1 aliphatic heterocycles. The summed E-state index contributed by atoms with van der Waals surface area (Å²) in [5.41, 5.74) is 1.10. The number of rotatable bonds is 4. The number of thiazole rings is 1. The predicted octanol–water partition coefficient (Wildman–Crippen LogP) is 1.47. The average Bonchev–Trinajstić information content (AvgIpc) is 2.96. The first-order valence-corrected chi connectivity index (χ1v) is 10.6. The Labute approximate surface area is 160 Å². The van der Waals surface area contributed by atoms with E-state index >= 15 is 0 Å². The molecule has 1 N–H and O–H groups in total. The molecule has 0 atom stereocenters. The van der Waals surface area contributed by atoms with Crippen LogP contribution < -0.4 is 4.87 Å². The molecule has 0 spiro atoms. The second-order valence-electron chi connectivity index (χ2n) is 5.98. The Morgan fingerprint density at radius 3 is 2.46 bits per heavy atom. The third-order valence-electron chi connectivity index (χ3n) is 4.25. The number of H-pyrrole nitrogens is 1. The smallest absolute Gasteiger partial charge is 0.305 e. The lowest BCUT2D eigenvalue weighted by atomic mass is 10.1. The van der Waals surface area contributed by atoms with Gasteiger partial charge in [0, 0.05) is 36.9 Å². The molecule has 1 aromatic carbocycles. The maximum atomic E-state index is 12.7. The summed E-state index contributed by atoms with van der Waals surface area (Å²) < 4.78 is 26.7. The van der Waals surface area contributed by atoms with E-state index in [2.05, 4.69) is 4.98 Å². The van der Waals surface area contributed by atoms with Gasteiger partial charge in [-0.3, -0.25) is 9.59 Å². The van der Waals surface area contributed by atoms with Gasteiger partial charge in [0.2, 0.25) is 5.91 Å². The van der Waals surface area contributed by atoms with E-state index in [-0.39, 0.29) is 29.6 Å². The van der Waals surface area contributed by atoms with Crippen LogP contribution in [-0.4, -0.2) is 54.7 Å². The van der Waals surface area contributed by atoms with Gasteiger partial charge in [0.05, 0.1) is 6.42 Å². The van der Waals surface area contributed by atoms with E-state index < -0.39 is 14.9 Å². The van der Waals surface area contributed by atoms with Crippen LogP contribution in [-0.2, 0) is 21.2 Å². The van der Waals surface area contributed by atoms with Gasteiger partial charge in [-0.2, -0.15) is 4.31 Å². The number of piperazine rings is 1. The molecule has 7 nitrogen and oxygen atoms in total. The summed E-state index contributed by atoms with van der Waals surface area (Å²) in [5, 5.41) is 0.542. The van der Waals surface area contributed by atoms with E-state index in [0.717, 1.165) is 5.56 Å². The zero-order valence-corrected chi connectivity index (χ0v) is 16.5. The van der Waals surface area contributed by atoms with E-state index in [1.54, 1.807) is 30.0 Å². The highest BCUT2D eigenvalue weighted by atomic mass is 35.5. The van der Waals surface area contributed by atoms with Gasteiger partial charge >= 0.3 is 4.87 Å². The fourth-order valence-electron chi connectivity index (χ4n) is 2.85. The van der Waals surface area contributed by atoms with Gasteiger partial charge in [-0.25, -0.2) is 8.42 Å². The largest absolute Gasteiger partial charge is 0.340 e. The Balaban J connectivity index is 1.65. The molecule has 26 heavy (non-hydrogen) atoms. The second-order valence-corrected chi connectivity index (χ2v) is 9.50. The first-order chi connectivity index (χ1) is 12.3. The normalized spacial score (nSPS) is 16.0. The lowest BCUT2D eigenvalue weighted by Gasteiger charge is -2.33. The number of aromatic nitrogens is 1. The number of benzene rings is 1. The van der Waals surface area contributed by atoms with Crippen molar-refractivity contribution in [2.45, 2.75) is 17.6 Å². The molecule has 3 rings (SSSR count). The summed E-state index contributed by atoms with van der Waals surface area (Å²) in [7, 11) is -3.73. The van der Waals surface area contributed by atoms with Crippen LogP contribution in [0.25, 0.3) is 0 Å². The third kappa shape index (κ3) is 3.85. The van der Waals surface area contributed by atoms with E-state index in [4.69, 9.17) is 11.6 Å². The Hall–Kier alpha value is -1.68. The molecule has 0 unspecified atom stereocenters. The van der Waals surface area contributed by atoms with E-state index in [9.17, 15) is 18.0 Å². The quantitative estimate of drug-likeness (QED) is 0.818. The highest BCUT2D eigenvalue weighted by Gasteiger charge is 2.32. The molecule has 10 heteroatoms. The summed E-state index contributed by atoms with van der Waals surface area (Å²) in [6.45, 7) is 2.57. The van der Waals surface area contributed by atoms with Gasteiger partial charge in [-0.1, -0.05) is 41.1 Å². The van der Waals surface area contributed by atoms with Gasteiger partial charge in [0.15, 0.2) is 4.21 Å². The molecule has 140 valence electrons. The van der Waals surface area contributed by atoms with Crippen LogP contribution in [0.2, 0.25) is 5.02 Å². The molecule has 2 heterocycles. The van der Waals surface area contributed by atoms with Crippen molar-refractivity contribution in [3.05, 3.63) is 50.2 Å². The van der Waals surface area contributed by atoms with Crippen LogP contribution >= 0.6 is 22.9 Å². The minimum absolute atomic E-state index is 0.0401. The molecule has 1 aromatic heterocycles. The first kappa shape index (κ1) is 19.1. The number of aromatic amines is 1. The van der Waals surface area contributed by atoms with Crippen LogP contribution in [0, 0.1) is 6.92 Å². The standard InChI is InChI=1S/C16H18ClN3O4S2/c1-11-15(25-16(22)18-11)26(23,24)20-8-6-19(7-9-20)14(21)10-12-4-2-3-5-13(12)17/h2-5H,6-10H2,1H3,(H,18,22). The van der Waals surface area contributed by atoms with Crippen molar-refractivity contribution in [3.8, 4) is 0 Å². The van der Waals surface area contributed by atoms with Crippen LogP contribution in [0.15, 0.2) is 33.3 Å². The predicted molar refractivity (Wildman–Crippen MR) is 100 cm³/mol. The van der Waals surface area contributed by atoms with Crippen LogP contribution in [0.5, 0.6) is 0 Å². The third-order valence-corrected chi connectivity index (χ3v) is 8.10. The Bertz CT molecular complexity index is 975. The number of carbonyl (C=O) groups is 1. The Kier molecular flexibility index (Phi) is 5.52. The maximum absolute atomic E-state index is 12.7. The number of halogens is 1. The van der Waals surface area contributed by atoms with Crippen molar-refractivity contribution < 1.29 is 13.2 Å². The molecule has 1 saturated heterocycles. The van der Waals surface area contributed by atoms with Gasteiger partial charge in [0.25, 0.3) is 10.0 Å². The number of nitrogens with one attached hydrogen (secondary N) is 1. The lowest BCUT2D eigenvalue weighted by Crippen LogP contribution is -2.50. The molecule has 0 radical (unpaired) electrons. The van der Waals surface area contributed by atoms with Crippen molar-refractivity contribution in [3.63, 3.8) is 0 Å². The Morgan fingerprint density at radius 2 is 1.88 bits per heavy atom. The summed E-state index contributed by atoms with van der Waals surface area (Å²) >= 11 is 6.78. The number of amides is 1. The summed E-state index contributed by atoms with van der Waals surface area (Å²) in [5.74, 6) is -0.0855. The van der Waals surface area contributed by atoms with Crippen molar-refractivity contribution in [2.24, 2.45) is 0 Å².